The Morgan fingerprint density at radius 2 is 2.00 bits per heavy atom. The van der Waals surface area contributed by atoms with Gasteiger partial charge >= 0.3 is 0 Å². The number of nitrogen functional groups attached to an aromatic ring is 1. The Bertz CT molecular complexity index is 396. The Hall–Kier alpha value is -1.02. The van der Waals surface area contributed by atoms with E-state index in [1.807, 2.05) is 0 Å². The number of hydrogen-bond acceptors (Lipinski definition) is 2. The van der Waals surface area contributed by atoms with Crippen molar-refractivity contribution in [2.24, 2.45) is 5.73 Å². The normalized spacial score (nSPS) is 23.6. The smallest absolute Gasteiger partial charge is 0.0385 e. The average Bonchev–Trinajstić information content (AvgIpc) is 2.75. The van der Waals surface area contributed by atoms with E-state index in [1.165, 1.54) is 41.5 Å². The van der Waals surface area contributed by atoms with Crippen molar-refractivity contribution in [3.8, 4) is 0 Å². The zero-order valence-electron chi connectivity index (χ0n) is 8.34. The van der Waals surface area contributed by atoms with Gasteiger partial charge in [-0.1, -0.05) is 6.07 Å². The summed E-state index contributed by atoms with van der Waals surface area (Å²) in [5, 5.41) is 0. The molecular weight excluding hydrogens is 172 g/mol. The molecule has 2 heteroatoms. The maximum absolute atomic E-state index is 6.19. The SMILES string of the molecule is Nc1c2c(cc3c1CC[C@H]3N)CCC2. The summed E-state index contributed by atoms with van der Waals surface area (Å²) in [4.78, 5) is 0. The first kappa shape index (κ1) is 8.30. The van der Waals surface area contributed by atoms with Crippen molar-refractivity contribution in [2.75, 3.05) is 5.73 Å². The third kappa shape index (κ3) is 0.947. The van der Waals surface area contributed by atoms with E-state index in [0.717, 1.165) is 18.5 Å². The number of anilines is 1. The van der Waals surface area contributed by atoms with Crippen LogP contribution in [0.3, 0.4) is 0 Å². The van der Waals surface area contributed by atoms with Gasteiger partial charge < -0.3 is 11.5 Å². The van der Waals surface area contributed by atoms with Crippen molar-refractivity contribution in [1.29, 1.82) is 0 Å². The van der Waals surface area contributed by atoms with E-state index in [0.29, 0.717) is 0 Å². The quantitative estimate of drug-likeness (QED) is 0.609. The molecule has 1 atom stereocenters. The second-order valence-corrected chi connectivity index (χ2v) is 4.49. The van der Waals surface area contributed by atoms with Gasteiger partial charge in [0.05, 0.1) is 0 Å². The van der Waals surface area contributed by atoms with Gasteiger partial charge in [0.25, 0.3) is 0 Å². The lowest BCUT2D eigenvalue weighted by molar-refractivity contribution is 0.712. The summed E-state index contributed by atoms with van der Waals surface area (Å²) in [6, 6.07) is 2.55. The molecule has 0 unspecified atom stereocenters. The van der Waals surface area contributed by atoms with Gasteiger partial charge in [-0.2, -0.15) is 0 Å². The molecule has 4 N–H and O–H groups in total. The van der Waals surface area contributed by atoms with Gasteiger partial charge in [-0.25, -0.2) is 0 Å². The second-order valence-electron chi connectivity index (χ2n) is 4.49. The number of nitrogens with two attached hydrogens (primary N) is 2. The Balaban J connectivity index is 2.24. The zero-order chi connectivity index (χ0) is 9.71. The van der Waals surface area contributed by atoms with E-state index in [2.05, 4.69) is 6.07 Å². The van der Waals surface area contributed by atoms with E-state index in [9.17, 15) is 0 Å². The van der Waals surface area contributed by atoms with Crippen molar-refractivity contribution < 1.29 is 0 Å². The van der Waals surface area contributed by atoms with Crippen LogP contribution in [0.25, 0.3) is 0 Å². The minimum Gasteiger partial charge on any atom is -0.398 e. The van der Waals surface area contributed by atoms with Crippen LogP contribution in [-0.2, 0) is 19.3 Å². The van der Waals surface area contributed by atoms with E-state index >= 15 is 0 Å². The number of fused-ring (bicyclic) bond motifs is 2. The minimum atomic E-state index is 0.234. The van der Waals surface area contributed by atoms with Crippen molar-refractivity contribution in [3.05, 3.63) is 28.3 Å². The predicted octanol–water partition coefficient (Wildman–Crippen LogP) is 1.70. The number of aryl methyl sites for hydroxylation is 1. The van der Waals surface area contributed by atoms with Gasteiger partial charge in [0.1, 0.15) is 0 Å². The molecule has 2 aliphatic carbocycles. The average molecular weight is 188 g/mol. The van der Waals surface area contributed by atoms with Crippen LogP contribution in [0.1, 0.15) is 41.1 Å². The molecule has 0 heterocycles. The summed E-state index contributed by atoms with van der Waals surface area (Å²) in [7, 11) is 0. The van der Waals surface area contributed by atoms with Gasteiger partial charge in [-0.15, -0.1) is 0 Å². The largest absolute Gasteiger partial charge is 0.398 e. The lowest BCUT2D eigenvalue weighted by atomic mass is 9.98. The van der Waals surface area contributed by atoms with Crippen LogP contribution in [0.5, 0.6) is 0 Å². The highest BCUT2D eigenvalue weighted by atomic mass is 14.7. The summed E-state index contributed by atoms with van der Waals surface area (Å²) in [6.07, 6.45) is 5.78. The molecule has 0 aliphatic heterocycles. The molecule has 0 spiro atoms. The van der Waals surface area contributed by atoms with Crippen LogP contribution < -0.4 is 11.5 Å². The highest BCUT2D eigenvalue weighted by Crippen LogP contribution is 2.39. The molecule has 74 valence electrons. The van der Waals surface area contributed by atoms with Crippen LogP contribution in [-0.4, -0.2) is 0 Å². The number of hydrogen-bond donors (Lipinski definition) is 2. The van der Waals surface area contributed by atoms with E-state index in [1.54, 1.807) is 0 Å². The van der Waals surface area contributed by atoms with Crippen LogP contribution in [0, 0.1) is 0 Å². The van der Waals surface area contributed by atoms with Gasteiger partial charge in [-0.3, -0.25) is 0 Å². The molecular formula is C12H16N2. The molecule has 0 aromatic heterocycles. The Labute approximate surface area is 84.3 Å². The first-order chi connectivity index (χ1) is 6.77. The van der Waals surface area contributed by atoms with Gasteiger partial charge in [0, 0.05) is 11.7 Å². The van der Waals surface area contributed by atoms with Crippen molar-refractivity contribution in [3.63, 3.8) is 0 Å². The maximum atomic E-state index is 6.19. The molecule has 0 amide bonds. The fraction of sp³-hybridized carbons (Fsp3) is 0.500. The molecule has 1 aromatic carbocycles. The first-order valence-electron chi connectivity index (χ1n) is 5.46. The first-order valence-corrected chi connectivity index (χ1v) is 5.46. The van der Waals surface area contributed by atoms with E-state index in [-0.39, 0.29) is 6.04 Å². The monoisotopic (exact) mass is 188 g/mol. The fourth-order valence-corrected chi connectivity index (χ4v) is 2.91. The van der Waals surface area contributed by atoms with Crippen LogP contribution >= 0.6 is 0 Å². The molecule has 0 saturated heterocycles. The van der Waals surface area contributed by atoms with Crippen molar-refractivity contribution in [2.45, 2.75) is 38.1 Å². The van der Waals surface area contributed by atoms with Gasteiger partial charge in [0.2, 0.25) is 0 Å². The highest BCUT2D eigenvalue weighted by molar-refractivity contribution is 5.63. The minimum absolute atomic E-state index is 0.234. The summed E-state index contributed by atoms with van der Waals surface area (Å²) in [5.41, 5.74) is 18.8. The molecule has 14 heavy (non-hydrogen) atoms. The standard InChI is InChI=1S/C12H16N2/c13-11-5-4-9-10(11)6-7-2-1-3-8(7)12(9)14/h6,11H,1-5,13-14H2/t11-/m1/s1. The van der Waals surface area contributed by atoms with Gasteiger partial charge in [0.15, 0.2) is 0 Å². The molecule has 1 aromatic rings. The zero-order valence-corrected chi connectivity index (χ0v) is 8.34. The molecule has 0 saturated carbocycles. The van der Waals surface area contributed by atoms with Crippen molar-refractivity contribution >= 4 is 5.69 Å². The van der Waals surface area contributed by atoms with Crippen LogP contribution in [0.2, 0.25) is 0 Å². The Morgan fingerprint density at radius 1 is 1.14 bits per heavy atom. The fourth-order valence-electron chi connectivity index (χ4n) is 2.91. The number of benzene rings is 1. The third-order valence-corrected chi connectivity index (χ3v) is 3.69. The lowest BCUT2D eigenvalue weighted by Crippen LogP contribution is -2.07. The topological polar surface area (TPSA) is 52.0 Å². The summed E-state index contributed by atoms with van der Waals surface area (Å²) in [6.45, 7) is 0. The van der Waals surface area contributed by atoms with Crippen LogP contribution in [0.15, 0.2) is 6.07 Å². The van der Waals surface area contributed by atoms with Gasteiger partial charge in [-0.05, 0) is 54.4 Å². The van der Waals surface area contributed by atoms with Crippen LogP contribution in [0.4, 0.5) is 5.69 Å². The van der Waals surface area contributed by atoms with Crippen molar-refractivity contribution in [1.82, 2.24) is 0 Å². The highest BCUT2D eigenvalue weighted by Gasteiger charge is 2.26. The summed E-state index contributed by atoms with van der Waals surface area (Å²) >= 11 is 0. The summed E-state index contributed by atoms with van der Waals surface area (Å²) < 4.78 is 0. The lowest BCUT2D eigenvalue weighted by Gasteiger charge is -2.12. The van der Waals surface area contributed by atoms with E-state index < -0.39 is 0 Å². The molecule has 0 fully saturated rings. The molecule has 0 bridgehead atoms. The third-order valence-electron chi connectivity index (χ3n) is 3.69. The second kappa shape index (κ2) is 2.74. The Morgan fingerprint density at radius 3 is 2.86 bits per heavy atom. The molecule has 2 nitrogen and oxygen atoms in total. The maximum Gasteiger partial charge on any atom is 0.0385 e. The molecule has 0 radical (unpaired) electrons. The number of rotatable bonds is 0. The summed E-state index contributed by atoms with van der Waals surface area (Å²) in [5.74, 6) is 0. The Kier molecular flexibility index (Phi) is 1.62. The molecule has 3 rings (SSSR count). The van der Waals surface area contributed by atoms with E-state index in [4.69, 9.17) is 11.5 Å². The predicted molar refractivity (Wildman–Crippen MR) is 58.1 cm³/mol. The molecule has 2 aliphatic rings.